The SMILES string of the molecule is COc1cccc(N(C)C(=O)[C@H](N)C(C)(C)C)c1. The van der Waals surface area contributed by atoms with E-state index in [1.807, 2.05) is 45.0 Å². The molecule has 100 valence electrons. The van der Waals surface area contributed by atoms with Crippen LogP contribution < -0.4 is 15.4 Å². The number of carbonyl (C=O) groups is 1. The van der Waals surface area contributed by atoms with Crippen LogP contribution in [-0.2, 0) is 4.79 Å². The molecule has 0 saturated heterocycles. The Kier molecular flexibility index (Phi) is 4.35. The summed E-state index contributed by atoms with van der Waals surface area (Å²) in [6.45, 7) is 5.86. The Morgan fingerprint density at radius 2 is 2.00 bits per heavy atom. The highest BCUT2D eigenvalue weighted by Crippen LogP contribution is 2.24. The van der Waals surface area contributed by atoms with Crippen molar-refractivity contribution in [1.82, 2.24) is 0 Å². The van der Waals surface area contributed by atoms with Crippen LogP contribution in [0.4, 0.5) is 5.69 Å². The summed E-state index contributed by atoms with van der Waals surface area (Å²) in [5, 5.41) is 0. The van der Waals surface area contributed by atoms with Crippen LogP contribution in [0.2, 0.25) is 0 Å². The van der Waals surface area contributed by atoms with Crippen molar-refractivity contribution in [2.24, 2.45) is 11.1 Å². The molecule has 0 bridgehead atoms. The zero-order valence-electron chi connectivity index (χ0n) is 11.7. The smallest absolute Gasteiger partial charge is 0.244 e. The fraction of sp³-hybridized carbons (Fsp3) is 0.500. The molecular formula is C14H22N2O2. The van der Waals surface area contributed by atoms with Crippen molar-refractivity contribution in [3.05, 3.63) is 24.3 Å². The summed E-state index contributed by atoms with van der Waals surface area (Å²) >= 11 is 0. The minimum Gasteiger partial charge on any atom is -0.497 e. The van der Waals surface area contributed by atoms with Gasteiger partial charge < -0.3 is 15.4 Å². The Hall–Kier alpha value is -1.55. The number of hydrogen-bond donors (Lipinski definition) is 1. The molecule has 0 aliphatic carbocycles. The molecule has 0 spiro atoms. The third kappa shape index (κ3) is 3.23. The number of anilines is 1. The molecule has 0 aliphatic rings. The lowest BCUT2D eigenvalue weighted by molar-refractivity contribution is -0.121. The molecule has 1 amide bonds. The maximum Gasteiger partial charge on any atom is 0.244 e. The van der Waals surface area contributed by atoms with Gasteiger partial charge in [0, 0.05) is 18.8 Å². The molecule has 0 unspecified atom stereocenters. The second kappa shape index (κ2) is 5.40. The molecular weight excluding hydrogens is 228 g/mol. The number of rotatable bonds is 3. The standard InChI is InChI=1S/C14H22N2O2/c1-14(2,3)12(15)13(17)16(4)10-7-6-8-11(9-10)18-5/h6-9,12H,15H2,1-5H3/t12-/m0/s1. The Labute approximate surface area is 109 Å². The summed E-state index contributed by atoms with van der Waals surface area (Å²) in [6.07, 6.45) is 0. The first-order chi connectivity index (χ1) is 8.27. The molecule has 4 heteroatoms. The number of benzene rings is 1. The van der Waals surface area contributed by atoms with Crippen molar-refractivity contribution in [3.8, 4) is 5.75 Å². The Bertz CT molecular complexity index is 424. The Morgan fingerprint density at radius 1 is 1.39 bits per heavy atom. The van der Waals surface area contributed by atoms with E-state index in [-0.39, 0.29) is 11.3 Å². The van der Waals surface area contributed by atoms with Gasteiger partial charge in [-0.25, -0.2) is 0 Å². The van der Waals surface area contributed by atoms with E-state index in [0.29, 0.717) is 0 Å². The molecule has 0 fully saturated rings. The number of ether oxygens (including phenoxy) is 1. The number of nitrogens with zero attached hydrogens (tertiary/aromatic N) is 1. The fourth-order valence-electron chi connectivity index (χ4n) is 1.53. The van der Waals surface area contributed by atoms with E-state index in [4.69, 9.17) is 10.5 Å². The number of amides is 1. The largest absolute Gasteiger partial charge is 0.497 e. The van der Waals surface area contributed by atoms with E-state index in [0.717, 1.165) is 11.4 Å². The number of carbonyl (C=O) groups excluding carboxylic acids is 1. The van der Waals surface area contributed by atoms with Crippen molar-refractivity contribution in [1.29, 1.82) is 0 Å². The van der Waals surface area contributed by atoms with E-state index in [1.54, 1.807) is 19.1 Å². The minimum atomic E-state index is -0.534. The minimum absolute atomic E-state index is 0.101. The van der Waals surface area contributed by atoms with Gasteiger partial charge in [0.1, 0.15) is 5.75 Å². The molecule has 0 heterocycles. The normalized spacial score (nSPS) is 13.0. The van der Waals surface area contributed by atoms with Crippen molar-refractivity contribution < 1.29 is 9.53 Å². The zero-order chi connectivity index (χ0) is 13.9. The quantitative estimate of drug-likeness (QED) is 0.893. The van der Waals surface area contributed by atoms with Crippen LogP contribution >= 0.6 is 0 Å². The van der Waals surface area contributed by atoms with Crippen LogP contribution in [0.15, 0.2) is 24.3 Å². The van der Waals surface area contributed by atoms with Crippen LogP contribution in [0.3, 0.4) is 0 Å². The lowest BCUT2D eigenvalue weighted by Gasteiger charge is -2.30. The van der Waals surface area contributed by atoms with Crippen LogP contribution in [0.5, 0.6) is 5.75 Å². The van der Waals surface area contributed by atoms with Gasteiger partial charge >= 0.3 is 0 Å². The molecule has 1 rings (SSSR count). The lowest BCUT2D eigenvalue weighted by atomic mass is 9.86. The van der Waals surface area contributed by atoms with Gasteiger partial charge in [-0.3, -0.25) is 4.79 Å². The van der Waals surface area contributed by atoms with Crippen LogP contribution in [0.25, 0.3) is 0 Å². The highest BCUT2D eigenvalue weighted by Gasteiger charge is 2.30. The summed E-state index contributed by atoms with van der Waals surface area (Å²) in [7, 11) is 3.32. The summed E-state index contributed by atoms with van der Waals surface area (Å²) in [5.74, 6) is 0.618. The molecule has 18 heavy (non-hydrogen) atoms. The van der Waals surface area contributed by atoms with Crippen molar-refractivity contribution in [2.75, 3.05) is 19.1 Å². The lowest BCUT2D eigenvalue weighted by Crippen LogP contribution is -2.49. The highest BCUT2D eigenvalue weighted by molar-refractivity contribution is 5.97. The topological polar surface area (TPSA) is 55.6 Å². The van der Waals surface area contributed by atoms with Gasteiger partial charge in [0.25, 0.3) is 0 Å². The number of methoxy groups -OCH3 is 1. The van der Waals surface area contributed by atoms with Gasteiger partial charge in [0.2, 0.25) is 5.91 Å². The molecule has 0 aromatic heterocycles. The van der Waals surface area contributed by atoms with E-state index in [2.05, 4.69) is 0 Å². The van der Waals surface area contributed by atoms with E-state index in [1.165, 1.54) is 0 Å². The molecule has 4 nitrogen and oxygen atoms in total. The maximum atomic E-state index is 12.2. The van der Waals surface area contributed by atoms with E-state index < -0.39 is 6.04 Å². The second-order valence-corrected chi connectivity index (χ2v) is 5.44. The summed E-state index contributed by atoms with van der Waals surface area (Å²) in [6, 6.07) is 6.82. The summed E-state index contributed by atoms with van der Waals surface area (Å²) < 4.78 is 5.14. The second-order valence-electron chi connectivity index (χ2n) is 5.44. The molecule has 1 aromatic rings. The predicted molar refractivity (Wildman–Crippen MR) is 73.8 cm³/mol. The van der Waals surface area contributed by atoms with E-state index >= 15 is 0 Å². The van der Waals surface area contributed by atoms with Crippen molar-refractivity contribution >= 4 is 11.6 Å². The first-order valence-corrected chi connectivity index (χ1v) is 5.94. The average Bonchev–Trinajstić information content (AvgIpc) is 2.35. The van der Waals surface area contributed by atoms with Gasteiger partial charge in [0.05, 0.1) is 13.2 Å². The van der Waals surface area contributed by atoms with Crippen LogP contribution in [0.1, 0.15) is 20.8 Å². The van der Waals surface area contributed by atoms with Gasteiger partial charge in [-0.1, -0.05) is 26.8 Å². The summed E-state index contributed by atoms with van der Waals surface area (Å²) in [5.41, 5.74) is 6.50. The van der Waals surface area contributed by atoms with Gasteiger partial charge in [-0.2, -0.15) is 0 Å². The molecule has 1 aromatic carbocycles. The molecule has 0 aliphatic heterocycles. The third-order valence-corrected chi connectivity index (χ3v) is 2.97. The third-order valence-electron chi connectivity index (χ3n) is 2.97. The number of hydrogen-bond acceptors (Lipinski definition) is 3. The Morgan fingerprint density at radius 3 is 2.50 bits per heavy atom. The number of likely N-dealkylation sites (N-methyl/N-ethyl adjacent to an activating group) is 1. The Balaban J connectivity index is 2.93. The van der Waals surface area contributed by atoms with Crippen LogP contribution in [-0.4, -0.2) is 26.1 Å². The zero-order valence-corrected chi connectivity index (χ0v) is 11.7. The predicted octanol–water partition coefficient (Wildman–Crippen LogP) is 2.03. The monoisotopic (exact) mass is 250 g/mol. The number of nitrogens with two attached hydrogens (primary N) is 1. The van der Waals surface area contributed by atoms with Gasteiger partial charge in [-0.15, -0.1) is 0 Å². The first kappa shape index (κ1) is 14.5. The maximum absolute atomic E-state index is 12.2. The molecule has 1 atom stereocenters. The van der Waals surface area contributed by atoms with Crippen molar-refractivity contribution in [2.45, 2.75) is 26.8 Å². The first-order valence-electron chi connectivity index (χ1n) is 5.94. The summed E-state index contributed by atoms with van der Waals surface area (Å²) in [4.78, 5) is 13.8. The molecule has 2 N–H and O–H groups in total. The fourth-order valence-corrected chi connectivity index (χ4v) is 1.53. The average molecular weight is 250 g/mol. The van der Waals surface area contributed by atoms with Gasteiger partial charge in [-0.05, 0) is 17.5 Å². The molecule has 0 saturated carbocycles. The van der Waals surface area contributed by atoms with Crippen LogP contribution in [0, 0.1) is 5.41 Å². The van der Waals surface area contributed by atoms with Gasteiger partial charge in [0.15, 0.2) is 0 Å². The molecule has 0 radical (unpaired) electrons. The van der Waals surface area contributed by atoms with Crippen molar-refractivity contribution in [3.63, 3.8) is 0 Å². The highest BCUT2D eigenvalue weighted by atomic mass is 16.5. The van der Waals surface area contributed by atoms with E-state index in [9.17, 15) is 4.79 Å².